The lowest BCUT2D eigenvalue weighted by Crippen LogP contribution is -2.25. The molecule has 1 aromatic heterocycles. The zero-order chi connectivity index (χ0) is 13.7. The molecule has 0 aliphatic rings. The number of aromatic nitrogens is 1. The number of hydrogen-bond donors (Lipinski definition) is 2. The molecule has 0 radical (unpaired) electrons. The van der Waals surface area contributed by atoms with Crippen LogP contribution in [0.3, 0.4) is 0 Å². The Morgan fingerprint density at radius 2 is 1.95 bits per heavy atom. The summed E-state index contributed by atoms with van der Waals surface area (Å²) in [6.07, 6.45) is 1.95. The second-order valence-electron chi connectivity index (χ2n) is 4.84. The minimum Gasteiger partial charge on any atom is -0.362 e. The van der Waals surface area contributed by atoms with Gasteiger partial charge < -0.3 is 10.3 Å². The maximum Gasteiger partial charge on any atom is 0.253 e. The Morgan fingerprint density at radius 3 is 2.58 bits per heavy atom. The van der Waals surface area contributed by atoms with Crippen LogP contribution in [0.1, 0.15) is 33.7 Å². The molecular formula is C16H20N2O. The van der Waals surface area contributed by atoms with Crippen LogP contribution in [0, 0.1) is 13.8 Å². The molecule has 0 saturated carbocycles. The van der Waals surface area contributed by atoms with Crippen molar-refractivity contribution >= 4 is 5.91 Å². The van der Waals surface area contributed by atoms with Gasteiger partial charge in [-0.15, -0.1) is 0 Å². The molecule has 2 rings (SSSR count). The average molecular weight is 256 g/mol. The molecule has 0 spiro atoms. The van der Waals surface area contributed by atoms with E-state index >= 15 is 0 Å². The van der Waals surface area contributed by atoms with Gasteiger partial charge in [-0.2, -0.15) is 0 Å². The van der Waals surface area contributed by atoms with Gasteiger partial charge in [-0.3, -0.25) is 4.79 Å². The Labute approximate surface area is 114 Å². The fourth-order valence-corrected chi connectivity index (χ4v) is 2.19. The number of rotatable bonds is 5. The molecule has 100 valence electrons. The van der Waals surface area contributed by atoms with Crippen LogP contribution >= 0.6 is 0 Å². The van der Waals surface area contributed by atoms with Crippen molar-refractivity contribution in [1.82, 2.24) is 10.3 Å². The molecule has 0 atom stereocenters. The normalized spacial score (nSPS) is 10.4. The Hall–Kier alpha value is -2.03. The molecule has 0 bridgehead atoms. The Morgan fingerprint density at radius 1 is 1.21 bits per heavy atom. The molecule has 0 unspecified atom stereocenters. The Kier molecular flexibility index (Phi) is 4.39. The molecule has 1 amide bonds. The van der Waals surface area contributed by atoms with Crippen LogP contribution in [0.4, 0.5) is 0 Å². The quantitative estimate of drug-likeness (QED) is 0.794. The highest BCUT2D eigenvalue weighted by Gasteiger charge is 2.10. The Bertz CT molecular complexity index is 543. The first-order valence-electron chi connectivity index (χ1n) is 6.65. The molecule has 0 fully saturated rings. The Balaban J connectivity index is 1.77. The molecule has 2 N–H and O–H groups in total. The average Bonchev–Trinajstić information content (AvgIpc) is 2.75. The minimum absolute atomic E-state index is 0.00918. The van der Waals surface area contributed by atoms with Gasteiger partial charge in [0, 0.05) is 17.9 Å². The van der Waals surface area contributed by atoms with Crippen molar-refractivity contribution in [3.05, 3.63) is 58.9 Å². The van der Waals surface area contributed by atoms with Crippen molar-refractivity contribution in [2.75, 3.05) is 6.54 Å². The fourth-order valence-electron chi connectivity index (χ4n) is 2.19. The molecule has 2 aromatic rings. The van der Waals surface area contributed by atoms with Crippen molar-refractivity contribution in [2.24, 2.45) is 0 Å². The van der Waals surface area contributed by atoms with Crippen LogP contribution in [0.25, 0.3) is 0 Å². The lowest BCUT2D eigenvalue weighted by Gasteiger charge is -2.05. The summed E-state index contributed by atoms with van der Waals surface area (Å²) in [5, 5.41) is 2.96. The highest BCUT2D eigenvalue weighted by molar-refractivity contribution is 5.95. The summed E-state index contributed by atoms with van der Waals surface area (Å²) in [5.41, 5.74) is 4.01. The number of H-pyrrole nitrogens is 1. The fraction of sp³-hybridized carbons (Fsp3) is 0.312. The molecule has 3 heteroatoms. The second-order valence-corrected chi connectivity index (χ2v) is 4.84. The summed E-state index contributed by atoms with van der Waals surface area (Å²) in [7, 11) is 0. The molecule has 0 saturated heterocycles. The van der Waals surface area contributed by atoms with E-state index < -0.39 is 0 Å². The van der Waals surface area contributed by atoms with E-state index in [9.17, 15) is 4.79 Å². The van der Waals surface area contributed by atoms with Gasteiger partial charge in [-0.05, 0) is 38.3 Å². The van der Waals surface area contributed by atoms with E-state index in [-0.39, 0.29) is 5.91 Å². The smallest absolute Gasteiger partial charge is 0.253 e. The molecule has 3 nitrogen and oxygen atoms in total. The minimum atomic E-state index is 0.00918. The summed E-state index contributed by atoms with van der Waals surface area (Å²) < 4.78 is 0. The summed E-state index contributed by atoms with van der Waals surface area (Å²) in [5.74, 6) is 0.00918. The van der Waals surface area contributed by atoms with Gasteiger partial charge >= 0.3 is 0 Å². The topological polar surface area (TPSA) is 44.9 Å². The number of aryl methyl sites for hydroxylation is 3. The molecular weight excluding hydrogens is 236 g/mol. The van der Waals surface area contributed by atoms with Crippen LogP contribution in [0.2, 0.25) is 0 Å². The third kappa shape index (κ3) is 3.71. The first-order chi connectivity index (χ1) is 9.16. The first-order valence-corrected chi connectivity index (χ1v) is 6.65. The van der Waals surface area contributed by atoms with E-state index in [2.05, 4.69) is 22.4 Å². The lowest BCUT2D eigenvalue weighted by atomic mass is 10.1. The molecule has 1 heterocycles. The number of benzene rings is 1. The highest BCUT2D eigenvalue weighted by atomic mass is 16.1. The van der Waals surface area contributed by atoms with Crippen molar-refractivity contribution < 1.29 is 4.79 Å². The molecule has 1 aromatic carbocycles. The number of amides is 1. The number of nitrogens with one attached hydrogen (secondary N) is 2. The van der Waals surface area contributed by atoms with Gasteiger partial charge in [0.2, 0.25) is 0 Å². The maximum absolute atomic E-state index is 12.0. The lowest BCUT2D eigenvalue weighted by molar-refractivity contribution is 0.0953. The molecule has 0 aliphatic carbocycles. The van der Waals surface area contributed by atoms with E-state index in [0.29, 0.717) is 6.54 Å². The van der Waals surface area contributed by atoms with Crippen LogP contribution in [-0.4, -0.2) is 17.4 Å². The number of aromatic amines is 1. The first kappa shape index (κ1) is 13.4. The summed E-state index contributed by atoms with van der Waals surface area (Å²) in [6, 6.07) is 12.2. The third-order valence-electron chi connectivity index (χ3n) is 3.16. The number of hydrogen-bond acceptors (Lipinski definition) is 1. The zero-order valence-corrected chi connectivity index (χ0v) is 11.5. The predicted octanol–water partition coefficient (Wildman–Crippen LogP) is 2.99. The van der Waals surface area contributed by atoms with Crippen LogP contribution in [-0.2, 0) is 6.42 Å². The summed E-state index contributed by atoms with van der Waals surface area (Å²) >= 11 is 0. The molecule has 0 aliphatic heterocycles. The van der Waals surface area contributed by atoms with Crippen LogP contribution in [0.5, 0.6) is 0 Å². The number of carbonyl (C=O) groups excluding carboxylic acids is 1. The van der Waals surface area contributed by atoms with E-state index in [0.717, 1.165) is 29.8 Å². The second kappa shape index (κ2) is 6.23. The molecule has 19 heavy (non-hydrogen) atoms. The van der Waals surface area contributed by atoms with Crippen LogP contribution in [0.15, 0.2) is 36.4 Å². The van der Waals surface area contributed by atoms with Crippen molar-refractivity contribution in [3.63, 3.8) is 0 Å². The largest absolute Gasteiger partial charge is 0.362 e. The standard InChI is InChI=1S/C16H20N2O/c1-12-11-15(13(2)18-12)16(19)17-10-6-9-14-7-4-3-5-8-14/h3-5,7-8,11,18H,6,9-10H2,1-2H3,(H,17,19). The van der Waals surface area contributed by atoms with Gasteiger partial charge in [0.05, 0.1) is 5.56 Å². The van der Waals surface area contributed by atoms with Gasteiger partial charge in [-0.25, -0.2) is 0 Å². The van der Waals surface area contributed by atoms with Gasteiger partial charge in [-0.1, -0.05) is 30.3 Å². The van der Waals surface area contributed by atoms with E-state index in [1.807, 2.05) is 38.1 Å². The van der Waals surface area contributed by atoms with Crippen molar-refractivity contribution in [2.45, 2.75) is 26.7 Å². The van der Waals surface area contributed by atoms with E-state index in [1.165, 1.54) is 5.56 Å². The van der Waals surface area contributed by atoms with Crippen LogP contribution < -0.4 is 5.32 Å². The van der Waals surface area contributed by atoms with Gasteiger partial charge in [0.25, 0.3) is 5.91 Å². The number of carbonyl (C=O) groups is 1. The monoisotopic (exact) mass is 256 g/mol. The van der Waals surface area contributed by atoms with Gasteiger partial charge in [0.15, 0.2) is 0 Å². The van der Waals surface area contributed by atoms with Crippen molar-refractivity contribution in [3.8, 4) is 0 Å². The summed E-state index contributed by atoms with van der Waals surface area (Å²) in [6.45, 7) is 4.59. The van der Waals surface area contributed by atoms with E-state index in [4.69, 9.17) is 0 Å². The predicted molar refractivity (Wildman–Crippen MR) is 77.4 cm³/mol. The highest BCUT2D eigenvalue weighted by Crippen LogP contribution is 2.09. The summed E-state index contributed by atoms with van der Waals surface area (Å²) in [4.78, 5) is 15.1. The maximum atomic E-state index is 12.0. The van der Waals surface area contributed by atoms with Crippen molar-refractivity contribution in [1.29, 1.82) is 0 Å². The van der Waals surface area contributed by atoms with E-state index in [1.54, 1.807) is 0 Å². The SMILES string of the molecule is Cc1cc(C(=O)NCCCc2ccccc2)c(C)[nH]1. The third-order valence-corrected chi connectivity index (χ3v) is 3.16. The zero-order valence-electron chi connectivity index (χ0n) is 11.5. The van der Waals surface area contributed by atoms with Gasteiger partial charge in [0.1, 0.15) is 0 Å².